The minimum absolute atomic E-state index is 0.109. The monoisotopic (exact) mass is 317 g/mol. The van der Waals surface area contributed by atoms with Crippen molar-refractivity contribution >= 4 is 0 Å². The van der Waals surface area contributed by atoms with Crippen LogP contribution < -0.4 is 0 Å². The number of pyridine rings is 1. The minimum atomic E-state index is -0.497. The molecule has 2 aromatic heterocycles. The molecule has 0 amide bonds. The van der Waals surface area contributed by atoms with Crippen LogP contribution in [0.3, 0.4) is 0 Å². The molecule has 0 radical (unpaired) electrons. The third-order valence-corrected chi connectivity index (χ3v) is 5.29. The first-order valence-corrected chi connectivity index (χ1v) is 8.17. The number of nitrogens with zero attached hydrogens (tertiary/aromatic N) is 3. The Kier molecular flexibility index (Phi) is 3.66. The van der Waals surface area contributed by atoms with E-state index < -0.39 is 12.1 Å². The molecule has 3 heterocycles. The quantitative estimate of drug-likeness (QED) is 0.852. The molecular weight excluding hydrogens is 297 g/mol. The molecule has 1 aliphatic heterocycles. The van der Waals surface area contributed by atoms with Crippen LogP contribution in [0.4, 0.5) is 4.39 Å². The van der Waals surface area contributed by atoms with Crippen LogP contribution in [-0.2, 0) is 0 Å². The molecule has 0 unspecified atom stereocenters. The maximum absolute atomic E-state index is 13.6. The molecule has 6 heteroatoms. The van der Waals surface area contributed by atoms with Crippen molar-refractivity contribution in [2.75, 3.05) is 0 Å². The molecule has 122 valence electrons. The van der Waals surface area contributed by atoms with Crippen molar-refractivity contribution < 1.29 is 14.6 Å². The highest BCUT2D eigenvalue weighted by Crippen LogP contribution is 2.42. The highest BCUT2D eigenvalue weighted by atomic mass is 19.1. The Morgan fingerprint density at radius 3 is 2.83 bits per heavy atom. The molecule has 2 aliphatic rings. The summed E-state index contributed by atoms with van der Waals surface area (Å²) in [5, 5.41) is 20.3. The first-order chi connectivity index (χ1) is 11.1. The Bertz CT molecular complexity index is 710. The van der Waals surface area contributed by atoms with Crippen LogP contribution in [-0.4, -0.2) is 37.0 Å². The van der Waals surface area contributed by atoms with E-state index in [9.17, 15) is 14.6 Å². The maximum atomic E-state index is 13.6. The number of halogens is 1. The van der Waals surface area contributed by atoms with Gasteiger partial charge in [-0.1, -0.05) is 0 Å². The molecule has 1 saturated carbocycles. The van der Waals surface area contributed by atoms with Crippen LogP contribution >= 0.6 is 0 Å². The van der Waals surface area contributed by atoms with Crippen molar-refractivity contribution in [1.82, 2.24) is 14.5 Å². The summed E-state index contributed by atoms with van der Waals surface area (Å²) in [6.07, 6.45) is 8.03. The van der Waals surface area contributed by atoms with Crippen molar-refractivity contribution in [2.24, 2.45) is 5.92 Å². The van der Waals surface area contributed by atoms with Crippen LogP contribution in [0.25, 0.3) is 11.3 Å². The lowest BCUT2D eigenvalue weighted by Gasteiger charge is -2.31. The van der Waals surface area contributed by atoms with Crippen molar-refractivity contribution in [3.05, 3.63) is 36.3 Å². The van der Waals surface area contributed by atoms with Gasteiger partial charge in [0.1, 0.15) is 0 Å². The summed E-state index contributed by atoms with van der Waals surface area (Å²) in [4.78, 5) is 7.91. The Morgan fingerprint density at radius 2 is 2.04 bits per heavy atom. The number of hydrogen-bond donors (Lipinski definition) is 2. The zero-order valence-electron chi connectivity index (χ0n) is 12.8. The zero-order chi connectivity index (χ0) is 16.0. The SMILES string of the molecule is O[C@@H](C[C@@H]1c2cc(F)ncc2-c2cncn21)[C@H]1CC[C@@H](O)CC1. The number of aromatic nitrogens is 3. The number of aliphatic hydroxyl groups excluding tert-OH is 2. The molecule has 0 bridgehead atoms. The molecule has 0 aromatic carbocycles. The highest BCUT2D eigenvalue weighted by Gasteiger charge is 2.34. The second-order valence-electron chi connectivity index (χ2n) is 6.67. The van der Waals surface area contributed by atoms with Crippen molar-refractivity contribution in [1.29, 1.82) is 0 Å². The molecule has 2 atom stereocenters. The third kappa shape index (κ3) is 2.56. The summed E-state index contributed by atoms with van der Waals surface area (Å²) in [5.74, 6) is -0.302. The van der Waals surface area contributed by atoms with Crippen LogP contribution in [0.2, 0.25) is 0 Å². The van der Waals surface area contributed by atoms with E-state index in [0.29, 0.717) is 6.42 Å². The van der Waals surface area contributed by atoms with Crippen LogP contribution in [0.15, 0.2) is 24.8 Å². The summed E-state index contributed by atoms with van der Waals surface area (Å²) in [6.45, 7) is 0. The van der Waals surface area contributed by atoms with E-state index in [1.54, 1.807) is 18.7 Å². The first kappa shape index (κ1) is 14.8. The molecule has 0 spiro atoms. The van der Waals surface area contributed by atoms with E-state index in [1.165, 1.54) is 6.07 Å². The zero-order valence-corrected chi connectivity index (χ0v) is 12.8. The van der Waals surface area contributed by atoms with E-state index in [4.69, 9.17) is 0 Å². The lowest BCUT2D eigenvalue weighted by atomic mass is 9.81. The van der Waals surface area contributed by atoms with Gasteiger partial charge in [-0.3, -0.25) is 0 Å². The van der Waals surface area contributed by atoms with Crippen LogP contribution in [0, 0.1) is 11.9 Å². The van der Waals surface area contributed by atoms with Gasteiger partial charge in [-0.25, -0.2) is 9.97 Å². The number of rotatable bonds is 3. The smallest absolute Gasteiger partial charge is 0.213 e. The fourth-order valence-corrected chi connectivity index (χ4v) is 3.99. The third-order valence-electron chi connectivity index (χ3n) is 5.29. The normalized spacial score (nSPS) is 27.5. The molecule has 2 aromatic rings. The topological polar surface area (TPSA) is 71.2 Å². The lowest BCUT2D eigenvalue weighted by molar-refractivity contribution is 0.0329. The molecule has 23 heavy (non-hydrogen) atoms. The van der Waals surface area contributed by atoms with Crippen molar-refractivity contribution in [3.63, 3.8) is 0 Å². The van der Waals surface area contributed by atoms with Crippen LogP contribution in [0.5, 0.6) is 0 Å². The maximum Gasteiger partial charge on any atom is 0.213 e. The van der Waals surface area contributed by atoms with Gasteiger partial charge in [0.2, 0.25) is 5.95 Å². The van der Waals surface area contributed by atoms with Gasteiger partial charge in [0.05, 0.1) is 36.5 Å². The number of imidazole rings is 1. The Balaban J connectivity index is 1.58. The number of aliphatic hydroxyl groups is 2. The van der Waals surface area contributed by atoms with Gasteiger partial charge in [-0.05, 0) is 49.7 Å². The molecule has 1 aliphatic carbocycles. The van der Waals surface area contributed by atoms with Crippen molar-refractivity contribution in [3.8, 4) is 11.3 Å². The molecule has 5 nitrogen and oxygen atoms in total. The summed E-state index contributed by atoms with van der Waals surface area (Å²) in [5.41, 5.74) is 2.67. The highest BCUT2D eigenvalue weighted by molar-refractivity contribution is 5.67. The van der Waals surface area contributed by atoms with E-state index in [2.05, 4.69) is 9.97 Å². The van der Waals surface area contributed by atoms with E-state index in [0.717, 1.165) is 42.5 Å². The van der Waals surface area contributed by atoms with Gasteiger partial charge < -0.3 is 14.8 Å². The Morgan fingerprint density at radius 1 is 1.26 bits per heavy atom. The fourth-order valence-electron chi connectivity index (χ4n) is 3.99. The first-order valence-electron chi connectivity index (χ1n) is 8.17. The molecule has 0 saturated heterocycles. The summed E-state index contributed by atoms with van der Waals surface area (Å²) in [7, 11) is 0. The van der Waals surface area contributed by atoms with Crippen LogP contribution in [0.1, 0.15) is 43.7 Å². The number of hydrogen-bond acceptors (Lipinski definition) is 4. The van der Waals surface area contributed by atoms with Gasteiger partial charge in [-0.2, -0.15) is 4.39 Å². The largest absolute Gasteiger partial charge is 0.393 e. The predicted molar refractivity (Wildman–Crippen MR) is 82.1 cm³/mol. The molecule has 4 rings (SSSR count). The van der Waals surface area contributed by atoms with Gasteiger partial charge in [0.15, 0.2) is 0 Å². The average molecular weight is 317 g/mol. The van der Waals surface area contributed by atoms with E-state index in [1.807, 2.05) is 4.57 Å². The van der Waals surface area contributed by atoms with E-state index >= 15 is 0 Å². The average Bonchev–Trinajstić information content (AvgIpc) is 3.11. The summed E-state index contributed by atoms with van der Waals surface area (Å²) in [6, 6.07) is 1.35. The Labute approximate surface area is 133 Å². The minimum Gasteiger partial charge on any atom is -0.393 e. The molecular formula is C17H20FN3O2. The molecule has 1 fully saturated rings. The van der Waals surface area contributed by atoms with Gasteiger partial charge >= 0.3 is 0 Å². The molecule has 2 N–H and O–H groups in total. The summed E-state index contributed by atoms with van der Waals surface area (Å²) < 4.78 is 15.6. The van der Waals surface area contributed by atoms with Gasteiger partial charge in [0.25, 0.3) is 0 Å². The van der Waals surface area contributed by atoms with Crippen molar-refractivity contribution in [2.45, 2.75) is 50.4 Å². The van der Waals surface area contributed by atoms with Gasteiger partial charge in [-0.15, -0.1) is 0 Å². The second kappa shape index (κ2) is 5.69. The summed E-state index contributed by atoms with van der Waals surface area (Å²) >= 11 is 0. The fraction of sp³-hybridized carbons (Fsp3) is 0.529. The van der Waals surface area contributed by atoms with E-state index in [-0.39, 0.29) is 18.1 Å². The lowest BCUT2D eigenvalue weighted by Crippen LogP contribution is -2.29. The van der Waals surface area contributed by atoms with Gasteiger partial charge in [0, 0.05) is 11.8 Å². The predicted octanol–water partition coefficient (Wildman–Crippen LogP) is 2.29. The standard InChI is InChI=1S/C17H20FN3O2/c18-17-5-12-13(7-20-17)15-8-19-9-21(15)14(12)6-16(23)10-1-3-11(22)4-2-10/h5,7-11,14,16,22-23H,1-4,6H2/t10-,11+,14-,16+/m1/s1. The number of fused-ring (bicyclic) bond motifs is 3. The second-order valence-corrected chi connectivity index (χ2v) is 6.67. The Hall–Kier alpha value is -1.79.